The van der Waals surface area contributed by atoms with Crippen LogP contribution in [0.2, 0.25) is 0 Å². The Morgan fingerprint density at radius 1 is 1.10 bits per heavy atom. The second-order valence-corrected chi connectivity index (χ2v) is 7.09. The van der Waals surface area contributed by atoms with Crippen molar-refractivity contribution in [3.63, 3.8) is 0 Å². The number of halogens is 1. The van der Waals surface area contributed by atoms with Gasteiger partial charge in [-0.05, 0) is 24.3 Å². The molecule has 29 heavy (non-hydrogen) atoms. The lowest BCUT2D eigenvalue weighted by Gasteiger charge is -2.34. The SMILES string of the molecule is CN=C(NCc1nc2ccccc2n1C)N1CCC(Oc2ccccc2)CC1.I. The van der Waals surface area contributed by atoms with E-state index in [1.165, 1.54) is 0 Å². The third-order valence-corrected chi connectivity index (χ3v) is 5.28. The molecule has 0 bridgehead atoms. The van der Waals surface area contributed by atoms with E-state index in [4.69, 9.17) is 9.72 Å². The van der Waals surface area contributed by atoms with Crippen LogP contribution in [0.5, 0.6) is 5.75 Å². The summed E-state index contributed by atoms with van der Waals surface area (Å²) in [6.07, 6.45) is 2.24. The van der Waals surface area contributed by atoms with Gasteiger partial charge in [0.2, 0.25) is 0 Å². The van der Waals surface area contributed by atoms with Crippen molar-refractivity contribution in [3.8, 4) is 5.75 Å². The Kier molecular flexibility index (Phi) is 7.35. The predicted molar refractivity (Wildman–Crippen MR) is 128 cm³/mol. The van der Waals surface area contributed by atoms with Crippen LogP contribution in [-0.2, 0) is 13.6 Å². The molecule has 6 nitrogen and oxygen atoms in total. The molecule has 0 atom stereocenters. The van der Waals surface area contributed by atoms with Crippen molar-refractivity contribution in [2.24, 2.45) is 12.0 Å². The molecule has 0 saturated carbocycles. The molecule has 3 aromatic rings. The van der Waals surface area contributed by atoms with Crippen LogP contribution in [0.4, 0.5) is 0 Å². The van der Waals surface area contributed by atoms with Crippen LogP contribution in [0.1, 0.15) is 18.7 Å². The van der Waals surface area contributed by atoms with E-state index < -0.39 is 0 Å². The molecule has 1 aliphatic rings. The standard InChI is InChI=1S/C22H27N5O.HI/c1-23-22(24-16-21-25-19-10-6-7-11-20(19)26(21)2)27-14-12-18(13-15-27)28-17-8-4-3-5-9-17;/h3-11,18H,12-16H2,1-2H3,(H,23,24);1H. The monoisotopic (exact) mass is 505 g/mol. The van der Waals surface area contributed by atoms with Gasteiger partial charge in [0.1, 0.15) is 17.7 Å². The first-order chi connectivity index (χ1) is 13.7. The highest BCUT2D eigenvalue weighted by Gasteiger charge is 2.23. The highest BCUT2D eigenvalue weighted by atomic mass is 127. The number of fused-ring (bicyclic) bond motifs is 1. The molecule has 4 rings (SSSR count). The molecule has 1 fully saturated rings. The number of likely N-dealkylation sites (tertiary alicyclic amines) is 1. The zero-order chi connectivity index (χ0) is 19.3. The lowest BCUT2D eigenvalue weighted by molar-refractivity contribution is 0.129. The maximum Gasteiger partial charge on any atom is 0.194 e. The molecule has 0 radical (unpaired) electrons. The summed E-state index contributed by atoms with van der Waals surface area (Å²) in [5.41, 5.74) is 2.17. The zero-order valence-electron chi connectivity index (χ0n) is 16.9. The van der Waals surface area contributed by atoms with E-state index in [1.807, 2.05) is 55.6 Å². The van der Waals surface area contributed by atoms with Gasteiger partial charge in [-0.25, -0.2) is 4.98 Å². The third kappa shape index (κ3) is 5.01. The van der Waals surface area contributed by atoms with E-state index in [0.717, 1.165) is 54.5 Å². The van der Waals surface area contributed by atoms with Gasteiger partial charge in [0.15, 0.2) is 5.96 Å². The molecular formula is C22H28IN5O. The molecule has 1 N–H and O–H groups in total. The fourth-order valence-corrected chi connectivity index (χ4v) is 3.72. The van der Waals surface area contributed by atoms with Crippen molar-refractivity contribution in [1.29, 1.82) is 0 Å². The molecule has 0 spiro atoms. The van der Waals surface area contributed by atoms with E-state index in [1.54, 1.807) is 0 Å². The number of hydrogen-bond acceptors (Lipinski definition) is 3. The summed E-state index contributed by atoms with van der Waals surface area (Å²) in [5, 5.41) is 3.47. The van der Waals surface area contributed by atoms with Gasteiger partial charge in [0.25, 0.3) is 0 Å². The molecule has 1 aromatic heterocycles. The fourth-order valence-electron chi connectivity index (χ4n) is 3.72. The molecule has 0 unspecified atom stereocenters. The Bertz CT molecular complexity index is 948. The van der Waals surface area contributed by atoms with Gasteiger partial charge in [-0.15, -0.1) is 24.0 Å². The average Bonchev–Trinajstić information content (AvgIpc) is 3.06. The molecule has 1 aliphatic heterocycles. The lowest BCUT2D eigenvalue weighted by Crippen LogP contribution is -2.47. The van der Waals surface area contributed by atoms with Crippen LogP contribution < -0.4 is 10.1 Å². The van der Waals surface area contributed by atoms with E-state index >= 15 is 0 Å². The lowest BCUT2D eigenvalue weighted by atomic mass is 10.1. The first kappa shape index (κ1) is 21.4. The fraction of sp³-hybridized carbons (Fsp3) is 0.364. The van der Waals surface area contributed by atoms with Crippen molar-refractivity contribution < 1.29 is 4.74 Å². The summed E-state index contributed by atoms with van der Waals surface area (Å²) in [6.45, 7) is 2.51. The highest BCUT2D eigenvalue weighted by Crippen LogP contribution is 2.19. The van der Waals surface area contributed by atoms with Crippen LogP contribution in [0.25, 0.3) is 11.0 Å². The molecule has 2 aromatic carbocycles. The van der Waals surface area contributed by atoms with Gasteiger partial charge in [-0.1, -0.05) is 30.3 Å². The number of ether oxygens (including phenoxy) is 1. The quantitative estimate of drug-likeness (QED) is 0.333. The highest BCUT2D eigenvalue weighted by molar-refractivity contribution is 14.0. The number of piperidine rings is 1. The smallest absolute Gasteiger partial charge is 0.194 e. The Balaban J connectivity index is 0.00000240. The summed E-state index contributed by atoms with van der Waals surface area (Å²) in [5.74, 6) is 2.88. The summed E-state index contributed by atoms with van der Waals surface area (Å²) in [7, 11) is 3.89. The number of rotatable bonds is 4. The van der Waals surface area contributed by atoms with Crippen molar-refractivity contribution in [2.75, 3.05) is 20.1 Å². The van der Waals surface area contributed by atoms with E-state index in [0.29, 0.717) is 6.54 Å². The average molecular weight is 505 g/mol. The number of guanidine groups is 1. The van der Waals surface area contributed by atoms with Crippen LogP contribution in [0, 0.1) is 0 Å². The van der Waals surface area contributed by atoms with Crippen molar-refractivity contribution >= 4 is 41.0 Å². The number of imidazole rings is 1. The van der Waals surface area contributed by atoms with Gasteiger partial charge in [0.05, 0.1) is 17.6 Å². The molecule has 0 aliphatic carbocycles. The number of nitrogens with zero attached hydrogens (tertiary/aromatic N) is 4. The van der Waals surface area contributed by atoms with Crippen molar-refractivity contribution in [1.82, 2.24) is 19.8 Å². The topological polar surface area (TPSA) is 54.7 Å². The summed E-state index contributed by atoms with van der Waals surface area (Å²) in [6, 6.07) is 18.3. The first-order valence-corrected chi connectivity index (χ1v) is 9.82. The third-order valence-electron chi connectivity index (χ3n) is 5.28. The Labute approximate surface area is 189 Å². The van der Waals surface area contributed by atoms with Crippen LogP contribution in [0.15, 0.2) is 59.6 Å². The van der Waals surface area contributed by atoms with Crippen molar-refractivity contribution in [3.05, 3.63) is 60.4 Å². The molecular weight excluding hydrogens is 477 g/mol. The number of aromatic nitrogens is 2. The molecule has 2 heterocycles. The summed E-state index contributed by atoms with van der Waals surface area (Å²) < 4.78 is 8.23. The van der Waals surface area contributed by atoms with Crippen LogP contribution >= 0.6 is 24.0 Å². The predicted octanol–water partition coefficient (Wildman–Crippen LogP) is 3.81. The van der Waals surface area contributed by atoms with Gasteiger partial charge >= 0.3 is 0 Å². The van der Waals surface area contributed by atoms with Crippen molar-refractivity contribution in [2.45, 2.75) is 25.5 Å². The van der Waals surface area contributed by atoms with Gasteiger partial charge in [-0.3, -0.25) is 4.99 Å². The summed E-state index contributed by atoms with van der Waals surface area (Å²) >= 11 is 0. The minimum atomic E-state index is 0. The van der Waals surface area contributed by atoms with Crippen LogP contribution in [-0.4, -0.2) is 46.7 Å². The Morgan fingerprint density at radius 3 is 2.48 bits per heavy atom. The normalized spacial score (nSPS) is 15.2. The maximum atomic E-state index is 6.10. The minimum Gasteiger partial charge on any atom is -0.490 e. The number of aryl methyl sites for hydroxylation is 1. The Hall–Kier alpha value is -2.29. The van der Waals surface area contributed by atoms with E-state index in [-0.39, 0.29) is 30.1 Å². The maximum absolute atomic E-state index is 6.10. The number of aliphatic imine (C=N–C) groups is 1. The molecule has 7 heteroatoms. The minimum absolute atomic E-state index is 0. The second kappa shape index (κ2) is 9.96. The molecule has 154 valence electrons. The van der Waals surface area contributed by atoms with Crippen LogP contribution in [0.3, 0.4) is 0 Å². The number of benzene rings is 2. The van der Waals surface area contributed by atoms with E-state index in [2.05, 4.69) is 32.9 Å². The largest absolute Gasteiger partial charge is 0.490 e. The summed E-state index contributed by atoms with van der Waals surface area (Å²) in [4.78, 5) is 11.5. The Morgan fingerprint density at radius 2 is 1.79 bits per heavy atom. The number of nitrogens with one attached hydrogen (secondary N) is 1. The van der Waals surface area contributed by atoms with E-state index in [9.17, 15) is 0 Å². The molecule has 0 amide bonds. The van der Waals surface area contributed by atoms with Gasteiger partial charge in [-0.2, -0.15) is 0 Å². The number of hydrogen-bond donors (Lipinski definition) is 1. The molecule has 1 saturated heterocycles. The first-order valence-electron chi connectivity index (χ1n) is 9.82. The number of para-hydroxylation sites is 3. The van der Waals surface area contributed by atoms with Gasteiger partial charge in [0, 0.05) is 40.0 Å². The van der Waals surface area contributed by atoms with Gasteiger partial charge < -0.3 is 19.5 Å². The second-order valence-electron chi connectivity index (χ2n) is 7.09. The zero-order valence-corrected chi connectivity index (χ0v) is 19.2.